The van der Waals surface area contributed by atoms with E-state index in [-0.39, 0.29) is 18.3 Å². The van der Waals surface area contributed by atoms with E-state index in [1.807, 2.05) is 36.1 Å². The van der Waals surface area contributed by atoms with E-state index in [0.29, 0.717) is 36.7 Å². The highest BCUT2D eigenvalue weighted by molar-refractivity contribution is 7.80. The lowest BCUT2D eigenvalue weighted by molar-refractivity contribution is 0.113. The first-order valence-electron chi connectivity index (χ1n) is 9.45. The van der Waals surface area contributed by atoms with Crippen molar-refractivity contribution in [1.29, 1.82) is 0 Å². The molecule has 1 aliphatic heterocycles. The molecular formula is C20H27N3O3S. The predicted octanol–water partition coefficient (Wildman–Crippen LogP) is 2.07. The summed E-state index contributed by atoms with van der Waals surface area (Å²) in [5.74, 6) is 0. The molecule has 1 atom stereocenters. The fourth-order valence-electron chi connectivity index (χ4n) is 3.38. The summed E-state index contributed by atoms with van der Waals surface area (Å²) in [6.07, 6.45) is 2.90. The largest absolute Gasteiger partial charge is 0.396 e. The summed E-state index contributed by atoms with van der Waals surface area (Å²) in [6, 6.07) is 7.89. The summed E-state index contributed by atoms with van der Waals surface area (Å²) in [5.41, 5.74) is 2.47. The van der Waals surface area contributed by atoms with Crippen molar-refractivity contribution in [3.63, 3.8) is 0 Å². The van der Waals surface area contributed by atoms with Gasteiger partial charge in [0.15, 0.2) is 5.11 Å². The Balaban J connectivity index is 1.75. The van der Waals surface area contributed by atoms with Gasteiger partial charge in [0.25, 0.3) is 5.56 Å². The van der Waals surface area contributed by atoms with E-state index in [1.165, 1.54) is 0 Å². The first-order valence-corrected chi connectivity index (χ1v) is 9.86. The average Bonchev–Trinajstić information content (AvgIpc) is 3.18. The minimum absolute atomic E-state index is 0.0815. The van der Waals surface area contributed by atoms with E-state index in [9.17, 15) is 9.90 Å². The number of aromatic nitrogens is 1. The maximum absolute atomic E-state index is 12.6. The van der Waals surface area contributed by atoms with Gasteiger partial charge >= 0.3 is 0 Å². The molecule has 0 bridgehead atoms. The van der Waals surface area contributed by atoms with Gasteiger partial charge in [0.2, 0.25) is 0 Å². The second-order valence-electron chi connectivity index (χ2n) is 6.98. The Morgan fingerprint density at radius 2 is 2.33 bits per heavy atom. The van der Waals surface area contributed by atoms with Crippen LogP contribution in [0.3, 0.4) is 0 Å². The number of hydrogen-bond acceptors (Lipinski definition) is 4. The zero-order valence-electron chi connectivity index (χ0n) is 15.7. The van der Waals surface area contributed by atoms with Crippen LogP contribution in [0.5, 0.6) is 0 Å². The third-order valence-electron chi connectivity index (χ3n) is 4.90. The second-order valence-corrected chi connectivity index (χ2v) is 7.37. The van der Waals surface area contributed by atoms with Gasteiger partial charge in [-0.2, -0.15) is 0 Å². The van der Waals surface area contributed by atoms with Crippen LogP contribution in [-0.4, -0.2) is 52.5 Å². The number of thiocarbonyl (C=S) groups is 1. The molecular weight excluding hydrogens is 362 g/mol. The maximum atomic E-state index is 12.6. The third-order valence-corrected chi connectivity index (χ3v) is 5.31. The SMILES string of the molecule is Cc1cccc2cc(CN(CCCO)C(=S)NCC3CCCO3)c(=O)[nH]c12. The Hall–Kier alpha value is -1.96. The van der Waals surface area contributed by atoms with E-state index >= 15 is 0 Å². The molecule has 0 radical (unpaired) electrons. The maximum Gasteiger partial charge on any atom is 0.253 e. The first-order chi connectivity index (χ1) is 13.1. The molecule has 2 heterocycles. The summed E-state index contributed by atoms with van der Waals surface area (Å²) in [7, 11) is 0. The molecule has 2 aromatic rings. The molecule has 1 aromatic carbocycles. The van der Waals surface area contributed by atoms with Crippen LogP contribution in [-0.2, 0) is 11.3 Å². The highest BCUT2D eigenvalue weighted by Crippen LogP contribution is 2.16. The number of hydrogen-bond donors (Lipinski definition) is 3. The molecule has 1 aromatic heterocycles. The Bertz CT molecular complexity index is 846. The number of aliphatic hydroxyl groups excluding tert-OH is 1. The van der Waals surface area contributed by atoms with E-state index in [2.05, 4.69) is 10.3 Å². The molecule has 3 rings (SSSR count). The molecule has 1 saturated heterocycles. The lowest BCUT2D eigenvalue weighted by Crippen LogP contribution is -2.43. The van der Waals surface area contributed by atoms with Crippen molar-refractivity contribution in [3.8, 4) is 0 Å². The summed E-state index contributed by atoms with van der Waals surface area (Å²) in [6.45, 7) is 4.52. The number of benzene rings is 1. The molecule has 27 heavy (non-hydrogen) atoms. The molecule has 6 nitrogen and oxygen atoms in total. The zero-order chi connectivity index (χ0) is 19.2. The van der Waals surface area contributed by atoms with Crippen LogP contribution in [0, 0.1) is 6.92 Å². The van der Waals surface area contributed by atoms with Gasteiger partial charge in [0.1, 0.15) is 0 Å². The molecule has 0 aliphatic carbocycles. The van der Waals surface area contributed by atoms with Crippen LogP contribution < -0.4 is 10.9 Å². The van der Waals surface area contributed by atoms with Gasteiger partial charge in [-0.15, -0.1) is 0 Å². The number of nitrogens with zero attached hydrogens (tertiary/aromatic N) is 1. The molecule has 1 fully saturated rings. The van der Waals surface area contributed by atoms with Gasteiger partial charge in [-0.3, -0.25) is 4.79 Å². The van der Waals surface area contributed by atoms with Gasteiger partial charge in [-0.25, -0.2) is 0 Å². The van der Waals surface area contributed by atoms with Gasteiger partial charge in [-0.1, -0.05) is 18.2 Å². The third kappa shape index (κ3) is 5.06. The standard InChI is InChI=1S/C20H27N3O3S/c1-14-5-2-6-15-11-16(19(25)22-18(14)15)13-23(8-4-9-24)20(27)21-12-17-7-3-10-26-17/h2,5-6,11,17,24H,3-4,7-10,12-13H2,1H3,(H,21,27)(H,22,25). The van der Waals surface area contributed by atoms with Crippen molar-refractivity contribution in [2.45, 2.75) is 38.8 Å². The Morgan fingerprint density at radius 1 is 1.48 bits per heavy atom. The molecule has 146 valence electrons. The number of aryl methyl sites for hydroxylation is 1. The van der Waals surface area contributed by atoms with Gasteiger partial charge in [-0.05, 0) is 55.4 Å². The smallest absolute Gasteiger partial charge is 0.253 e. The summed E-state index contributed by atoms with van der Waals surface area (Å²) in [4.78, 5) is 17.5. The minimum Gasteiger partial charge on any atom is -0.396 e. The number of fused-ring (bicyclic) bond motifs is 1. The van der Waals surface area contributed by atoms with Gasteiger partial charge < -0.3 is 25.0 Å². The lowest BCUT2D eigenvalue weighted by Gasteiger charge is -2.26. The number of nitrogens with one attached hydrogen (secondary N) is 2. The molecule has 1 unspecified atom stereocenters. The lowest BCUT2D eigenvalue weighted by atomic mass is 10.1. The molecule has 7 heteroatoms. The van der Waals surface area contributed by atoms with Crippen molar-refractivity contribution >= 4 is 28.2 Å². The van der Waals surface area contributed by atoms with E-state index in [1.54, 1.807) is 0 Å². The fraction of sp³-hybridized carbons (Fsp3) is 0.500. The van der Waals surface area contributed by atoms with Crippen molar-refractivity contribution in [3.05, 3.63) is 45.7 Å². The fourth-order valence-corrected chi connectivity index (χ4v) is 3.62. The molecule has 3 N–H and O–H groups in total. The van der Waals surface area contributed by atoms with Gasteiger partial charge in [0, 0.05) is 31.9 Å². The quantitative estimate of drug-likeness (QED) is 0.630. The summed E-state index contributed by atoms with van der Waals surface area (Å²) in [5, 5.41) is 14.1. The monoisotopic (exact) mass is 389 g/mol. The van der Waals surface area contributed by atoms with Gasteiger partial charge in [0.05, 0.1) is 18.2 Å². The number of pyridine rings is 1. The predicted molar refractivity (Wildman–Crippen MR) is 111 cm³/mol. The average molecular weight is 390 g/mol. The van der Waals surface area contributed by atoms with Crippen molar-refractivity contribution in [2.24, 2.45) is 0 Å². The van der Waals surface area contributed by atoms with Crippen LogP contribution in [0.25, 0.3) is 10.9 Å². The van der Waals surface area contributed by atoms with E-state index in [0.717, 1.165) is 35.9 Å². The number of aliphatic hydroxyl groups is 1. The molecule has 1 aliphatic rings. The van der Waals surface area contributed by atoms with Crippen LogP contribution in [0.4, 0.5) is 0 Å². The zero-order valence-corrected chi connectivity index (χ0v) is 16.5. The highest BCUT2D eigenvalue weighted by atomic mass is 32.1. The topological polar surface area (TPSA) is 77.6 Å². The second kappa shape index (κ2) is 9.30. The molecule has 0 saturated carbocycles. The van der Waals surface area contributed by atoms with Crippen LogP contribution in [0.15, 0.2) is 29.1 Å². The van der Waals surface area contributed by atoms with Crippen LogP contribution >= 0.6 is 12.2 Å². The van der Waals surface area contributed by atoms with Crippen molar-refractivity contribution in [1.82, 2.24) is 15.2 Å². The Labute approximate surface area is 164 Å². The summed E-state index contributed by atoms with van der Waals surface area (Å²) < 4.78 is 5.63. The Kier molecular flexibility index (Phi) is 6.82. The Morgan fingerprint density at radius 3 is 3.07 bits per heavy atom. The van der Waals surface area contributed by atoms with Crippen LogP contribution in [0.1, 0.15) is 30.4 Å². The normalized spacial score (nSPS) is 16.6. The number of rotatable bonds is 7. The number of para-hydroxylation sites is 1. The minimum atomic E-state index is -0.104. The van der Waals surface area contributed by atoms with Crippen LogP contribution in [0.2, 0.25) is 0 Å². The number of ether oxygens (including phenoxy) is 1. The van der Waals surface area contributed by atoms with Crippen molar-refractivity contribution < 1.29 is 9.84 Å². The highest BCUT2D eigenvalue weighted by Gasteiger charge is 2.18. The number of aromatic amines is 1. The first kappa shape index (κ1) is 19.8. The number of H-pyrrole nitrogens is 1. The van der Waals surface area contributed by atoms with Crippen molar-refractivity contribution in [2.75, 3.05) is 26.3 Å². The summed E-state index contributed by atoms with van der Waals surface area (Å²) >= 11 is 5.55. The molecule has 0 spiro atoms. The van der Waals surface area contributed by atoms with E-state index in [4.69, 9.17) is 17.0 Å². The van der Waals surface area contributed by atoms with E-state index < -0.39 is 0 Å². The molecule has 0 amide bonds.